The summed E-state index contributed by atoms with van der Waals surface area (Å²) in [6, 6.07) is 1.03. The molecule has 3 nitrogen and oxygen atoms in total. The van der Waals surface area contributed by atoms with Gasteiger partial charge in [-0.15, -0.1) is 0 Å². The van der Waals surface area contributed by atoms with Crippen LogP contribution < -0.4 is 0 Å². The van der Waals surface area contributed by atoms with Crippen LogP contribution in [0.25, 0.3) is 0 Å². The lowest BCUT2D eigenvalue weighted by atomic mass is 9.80. The predicted molar refractivity (Wildman–Crippen MR) is 87.3 cm³/mol. The minimum atomic E-state index is -1.53. The summed E-state index contributed by atoms with van der Waals surface area (Å²) in [5.74, 6) is 0.293. The highest BCUT2D eigenvalue weighted by Crippen LogP contribution is 2.29. The Kier molecular flexibility index (Phi) is 8.03. The third kappa shape index (κ3) is 8.75. The Labute approximate surface area is 126 Å². The molecule has 0 rings (SSSR count). The second-order valence-electron chi connectivity index (χ2n) is 7.85. The molecule has 0 heterocycles. The summed E-state index contributed by atoms with van der Waals surface area (Å²) < 4.78 is 11.0. The highest BCUT2D eigenvalue weighted by atomic mass is 28.4. The van der Waals surface area contributed by atoms with Crippen LogP contribution in [0.2, 0.25) is 19.1 Å². The SMILES string of the molecule is CO[Si](C)(C)CCCOC(=O)C(CC(C)(C)C)C(C)C. The van der Waals surface area contributed by atoms with Crippen LogP contribution in [0.3, 0.4) is 0 Å². The van der Waals surface area contributed by atoms with Crippen LogP contribution in [0.15, 0.2) is 0 Å². The molecule has 0 amide bonds. The maximum Gasteiger partial charge on any atom is 0.309 e. The third-order valence-corrected chi connectivity index (χ3v) is 6.32. The van der Waals surface area contributed by atoms with Crippen LogP contribution in [-0.2, 0) is 14.0 Å². The minimum Gasteiger partial charge on any atom is -0.465 e. The maximum atomic E-state index is 12.2. The van der Waals surface area contributed by atoms with Crippen molar-refractivity contribution in [1.82, 2.24) is 0 Å². The van der Waals surface area contributed by atoms with Gasteiger partial charge in [0.15, 0.2) is 8.32 Å². The Bertz CT molecular complexity index is 293. The van der Waals surface area contributed by atoms with E-state index in [9.17, 15) is 4.79 Å². The summed E-state index contributed by atoms with van der Waals surface area (Å²) in [5.41, 5.74) is 0.152. The van der Waals surface area contributed by atoms with E-state index in [1.54, 1.807) is 7.11 Å². The molecule has 0 saturated carbocycles. The van der Waals surface area contributed by atoms with Gasteiger partial charge in [-0.1, -0.05) is 34.6 Å². The van der Waals surface area contributed by atoms with Crippen molar-refractivity contribution < 1.29 is 14.0 Å². The van der Waals surface area contributed by atoms with Crippen LogP contribution in [0.4, 0.5) is 0 Å². The zero-order valence-corrected chi connectivity index (χ0v) is 15.7. The third-order valence-electron chi connectivity index (χ3n) is 3.66. The standard InChI is InChI=1S/C16H34O3Si/c1-13(2)14(12-16(3,4)5)15(17)19-10-9-11-20(7,8)18-6/h13-14H,9-12H2,1-8H3. The molecule has 0 aromatic rings. The van der Waals surface area contributed by atoms with E-state index in [0.29, 0.717) is 12.5 Å². The first-order chi connectivity index (χ1) is 8.98. The molecule has 0 saturated heterocycles. The van der Waals surface area contributed by atoms with E-state index in [1.807, 2.05) is 0 Å². The summed E-state index contributed by atoms with van der Waals surface area (Å²) >= 11 is 0. The lowest BCUT2D eigenvalue weighted by Gasteiger charge is -2.27. The van der Waals surface area contributed by atoms with Gasteiger partial charge in [-0.05, 0) is 43.3 Å². The predicted octanol–water partition coefficient (Wildman–Crippen LogP) is 4.48. The fourth-order valence-electron chi connectivity index (χ4n) is 2.13. The topological polar surface area (TPSA) is 35.5 Å². The Morgan fingerprint density at radius 1 is 1.20 bits per heavy atom. The van der Waals surface area contributed by atoms with Crippen molar-refractivity contribution >= 4 is 14.3 Å². The van der Waals surface area contributed by atoms with Crippen molar-refractivity contribution in [1.29, 1.82) is 0 Å². The summed E-state index contributed by atoms with van der Waals surface area (Å²) in [6.45, 7) is 15.6. The first-order valence-corrected chi connectivity index (χ1v) is 10.8. The number of esters is 1. The molecule has 20 heavy (non-hydrogen) atoms. The van der Waals surface area contributed by atoms with Crippen molar-refractivity contribution in [2.75, 3.05) is 13.7 Å². The van der Waals surface area contributed by atoms with E-state index in [2.05, 4.69) is 47.7 Å². The molecular formula is C16H34O3Si. The van der Waals surface area contributed by atoms with Crippen LogP contribution in [0.5, 0.6) is 0 Å². The van der Waals surface area contributed by atoms with Crippen molar-refractivity contribution in [3.63, 3.8) is 0 Å². The monoisotopic (exact) mass is 302 g/mol. The molecule has 1 unspecified atom stereocenters. The maximum absolute atomic E-state index is 12.2. The molecule has 0 bridgehead atoms. The lowest BCUT2D eigenvalue weighted by Crippen LogP contribution is -2.30. The van der Waals surface area contributed by atoms with Gasteiger partial charge in [0.2, 0.25) is 0 Å². The second-order valence-corrected chi connectivity index (χ2v) is 12.3. The normalized spacial score (nSPS) is 14.4. The number of rotatable bonds is 8. The summed E-state index contributed by atoms with van der Waals surface area (Å²) in [4.78, 5) is 12.2. The smallest absolute Gasteiger partial charge is 0.309 e. The Morgan fingerprint density at radius 3 is 2.15 bits per heavy atom. The van der Waals surface area contributed by atoms with Crippen molar-refractivity contribution in [2.24, 2.45) is 17.3 Å². The molecular weight excluding hydrogens is 268 g/mol. The molecule has 0 aliphatic rings. The highest BCUT2D eigenvalue weighted by molar-refractivity contribution is 6.71. The second kappa shape index (κ2) is 8.18. The molecule has 0 radical (unpaired) electrons. The summed E-state index contributed by atoms with van der Waals surface area (Å²) in [5, 5.41) is 0. The molecule has 0 N–H and O–H groups in total. The molecule has 4 heteroatoms. The number of hydrogen-bond donors (Lipinski definition) is 0. The van der Waals surface area contributed by atoms with Crippen LogP contribution in [0.1, 0.15) is 47.5 Å². The van der Waals surface area contributed by atoms with Gasteiger partial charge in [0.05, 0.1) is 12.5 Å². The fraction of sp³-hybridized carbons (Fsp3) is 0.938. The number of carbonyl (C=O) groups is 1. The van der Waals surface area contributed by atoms with Gasteiger partial charge in [0.25, 0.3) is 0 Å². The molecule has 0 fully saturated rings. The highest BCUT2D eigenvalue weighted by Gasteiger charge is 2.29. The zero-order valence-electron chi connectivity index (χ0n) is 14.7. The number of ether oxygens (including phenoxy) is 1. The van der Waals surface area contributed by atoms with Crippen LogP contribution in [0, 0.1) is 17.3 Å². The Hall–Kier alpha value is -0.353. The number of hydrogen-bond acceptors (Lipinski definition) is 3. The van der Waals surface area contributed by atoms with Crippen LogP contribution in [-0.4, -0.2) is 28.0 Å². The van der Waals surface area contributed by atoms with Gasteiger partial charge in [-0.25, -0.2) is 0 Å². The van der Waals surface area contributed by atoms with Gasteiger partial charge in [0, 0.05) is 7.11 Å². The fourth-order valence-corrected chi connectivity index (χ4v) is 3.33. The Morgan fingerprint density at radius 2 is 1.75 bits per heavy atom. The summed E-state index contributed by atoms with van der Waals surface area (Å²) in [6.07, 6.45) is 1.78. The lowest BCUT2D eigenvalue weighted by molar-refractivity contribution is -0.151. The average molecular weight is 303 g/mol. The zero-order chi connectivity index (χ0) is 16.0. The van der Waals surface area contributed by atoms with Crippen molar-refractivity contribution in [3.8, 4) is 0 Å². The number of carbonyl (C=O) groups excluding carboxylic acids is 1. The van der Waals surface area contributed by atoms with Gasteiger partial charge in [0.1, 0.15) is 0 Å². The van der Waals surface area contributed by atoms with Crippen LogP contribution >= 0.6 is 0 Å². The molecule has 0 aliphatic carbocycles. The molecule has 0 spiro atoms. The molecule has 0 aromatic carbocycles. The molecule has 0 aliphatic heterocycles. The van der Waals surface area contributed by atoms with Gasteiger partial charge < -0.3 is 9.16 Å². The van der Waals surface area contributed by atoms with Crippen molar-refractivity contribution in [2.45, 2.75) is 66.6 Å². The van der Waals surface area contributed by atoms with E-state index >= 15 is 0 Å². The van der Waals surface area contributed by atoms with Gasteiger partial charge >= 0.3 is 5.97 Å². The first-order valence-electron chi connectivity index (χ1n) is 7.70. The Balaban J connectivity index is 4.22. The molecule has 1 atom stereocenters. The van der Waals surface area contributed by atoms with E-state index < -0.39 is 8.32 Å². The average Bonchev–Trinajstić information content (AvgIpc) is 2.30. The quantitative estimate of drug-likeness (QED) is 0.377. The van der Waals surface area contributed by atoms with Gasteiger partial charge in [-0.2, -0.15) is 0 Å². The van der Waals surface area contributed by atoms with E-state index in [4.69, 9.17) is 9.16 Å². The summed E-state index contributed by atoms with van der Waals surface area (Å²) in [7, 11) is 0.246. The van der Waals surface area contributed by atoms with E-state index in [0.717, 1.165) is 18.9 Å². The molecule has 120 valence electrons. The minimum absolute atomic E-state index is 0.00248. The first kappa shape index (κ1) is 19.6. The molecule has 0 aromatic heterocycles. The van der Waals surface area contributed by atoms with E-state index in [-0.39, 0.29) is 17.3 Å². The van der Waals surface area contributed by atoms with Crippen molar-refractivity contribution in [3.05, 3.63) is 0 Å². The van der Waals surface area contributed by atoms with Gasteiger partial charge in [-0.3, -0.25) is 4.79 Å². The largest absolute Gasteiger partial charge is 0.465 e. The van der Waals surface area contributed by atoms with E-state index in [1.165, 1.54) is 0 Å².